The maximum absolute atomic E-state index is 12.7. The monoisotopic (exact) mass is 370 g/mol. The Labute approximate surface area is 154 Å². The van der Waals surface area contributed by atoms with Crippen molar-refractivity contribution in [3.05, 3.63) is 81.0 Å². The summed E-state index contributed by atoms with van der Waals surface area (Å²) in [7, 11) is 0. The van der Waals surface area contributed by atoms with Gasteiger partial charge in [0.05, 0.1) is 16.1 Å². The predicted octanol–water partition coefficient (Wildman–Crippen LogP) is 5.21. The quantitative estimate of drug-likeness (QED) is 0.661. The number of anilines is 2. The maximum atomic E-state index is 12.7. The average Bonchev–Trinajstić information content (AvgIpc) is 3.14. The first kappa shape index (κ1) is 17.2. The Morgan fingerprint density at radius 2 is 1.60 bits per heavy atom. The highest BCUT2D eigenvalue weighted by atomic mass is 35.5. The van der Waals surface area contributed by atoms with Crippen molar-refractivity contribution in [3.63, 3.8) is 0 Å². The second kappa shape index (κ2) is 7.51. The number of hydrogen-bond donors (Lipinski definition) is 2. The topological polar surface area (TPSA) is 58.2 Å². The molecule has 2 aromatic carbocycles. The van der Waals surface area contributed by atoms with Crippen LogP contribution >= 0.6 is 22.9 Å². The Kier molecular flexibility index (Phi) is 5.16. The number of para-hydroxylation sites is 1. The number of nitrogens with one attached hydrogen (secondary N) is 2. The summed E-state index contributed by atoms with van der Waals surface area (Å²) < 4.78 is 0. The van der Waals surface area contributed by atoms with Crippen LogP contribution in [-0.4, -0.2) is 11.8 Å². The lowest BCUT2D eigenvalue weighted by Crippen LogP contribution is -2.18. The largest absolute Gasteiger partial charge is 0.322 e. The fourth-order valence-electron chi connectivity index (χ4n) is 2.31. The molecule has 0 radical (unpaired) electrons. The summed E-state index contributed by atoms with van der Waals surface area (Å²) in [5.41, 5.74) is 2.26. The van der Waals surface area contributed by atoms with Crippen molar-refractivity contribution in [2.45, 2.75) is 6.92 Å². The van der Waals surface area contributed by atoms with Gasteiger partial charge in [-0.25, -0.2) is 0 Å². The highest BCUT2D eigenvalue weighted by Gasteiger charge is 2.15. The van der Waals surface area contributed by atoms with Gasteiger partial charge in [0.25, 0.3) is 11.8 Å². The Balaban J connectivity index is 1.84. The number of benzene rings is 2. The second-order valence-corrected chi connectivity index (χ2v) is 6.70. The second-order valence-electron chi connectivity index (χ2n) is 5.34. The van der Waals surface area contributed by atoms with E-state index in [0.29, 0.717) is 26.8 Å². The molecule has 0 aliphatic carbocycles. The number of thiophene rings is 1. The third-order valence-corrected chi connectivity index (χ3v) is 4.96. The third-order valence-electron chi connectivity index (χ3n) is 3.68. The first-order chi connectivity index (χ1) is 12.1. The Hall–Kier alpha value is -2.63. The van der Waals surface area contributed by atoms with Crippen LogP contribution in [0.4, 0.5) is 11.4 Å². The minimum absolute atomic E-state index is 0.241. The van der Waals surface area contributed by atoms with Crippen LogP contribution < -0.4 is 10.6 Å². The van der Waals surface area contributed by atoms with Crippen molar-refractivity contribution in [2.24, 2.45) is 0 Å². The Morgan fingerprint density at radius 1 is 0.880 bits per heavy atom. The van der Waals surface area contributed by atoms with E-state index in [1.54, 1.807) is 54.6 Å². The van der Waals surface area contributed by atoms with E-state index in [9.17, 15) is 9.59 Å². The Morgan fingerprint density at radius 3 is 2.36 bits per heavy atom. The molecule has 3 rings (SSSR count). The molecule has 0 saturated carbocycles. The summed E-state index contributed by atoms with van der Waals surface area (Å²) in [4.78, 5) is 25.5. The van der Waals surface area contributed by atoms with Crippen LogP contribution in [0, 0.1) is 6.92 Å². The van der Waals surface area contributed by atoms with Gasteiger partial charge < -0.3 is 10.6 Å². The van der Waals surface area contributed by atoms with Gasteiger partial charge in [0.1, 0.15) is 0 Å². The predicted molar refractivity (Wildman–Crippen MR) is 103 cm³/mol. The molecule has 4 nitrogen and oxygen atoms in total. The summed E-state index contributed by atoms with van der Waals surface area (Å²) in [5, 5.41) is 8.04. The summed E-state index contributed by atoms with van der Waals surface area (Å²) in [6.07, 6.45) is 0. The average molecular weight is 371 g/mol. The van der Waals surface area contributed by atoms with Gasteiger partial charge in [-0.1, -0.05) is 35.9 Å². The molecule has 0 fully saturated rings. The minimum Gasteiger partial charge on any atom is -0.322 e. The van der Waals surface area contributed by atoms with E-state index in [0.717, 1.165) is 5.56 Å². The standard InChI is InChI=1S/C19H15ClN2O2S/c1-12-14(20)7-4-9-15(12)21-18(23)13-6-2-3-8-16(13)22-19(24)17-10-5-11-25-17/h2-11H,1H3,(H,21,23)(H,22,24). The smallest absolute Gasteiger partial charge is 0.265 e. The normalized spacial score (nSPS) is 10.3. The minimum atomic E-state index is -0.313. The fraction of sp³-hybridized carbons (Fsp3) is 0.0526. The van der Waals surface area contributed by atoms with Crippen LogP contribution in [-0.2, 0) is 0 Å². The lowest BCUT2D eigenvalue weighted by molar-refractivity contribution is 0.102. The highest BCUT2D eigenvalue weighted by molar-refractivity contribution is 7.12. The molecule has 1 aromatic heterocycles. The molecule has 0 atom stereocenters. The van der Waals surface area contributed by atoms with Gasteiger partial charge in [-0.15, -0.1) is 11.3 Å². The molecule has 2 amide bonds. The lowest BCUT2D eigenvalue weighted by atomic mass is 10.1. The van der Waals surface area contributed by atoms with Crippen LogP contribution in [0.3, 0.4) is 0 Å². The molecule has 2 N–H and O–H groups in total. The molecular weight excluding hydrogens is 356 g/mol. The number of carbonyl (C=O) groups is 2. The van der Waals surface area contributed by atoms with E-state index >= 15 is 0 Å². The van der Waals surface area contributed by atoms with Crippen molar-refractivity contribution < 1.29 is 9.59 Å². The summed E-state index contributed by atoms with van der Waals surface area (Å²) >= 11 is 7.44. The molecule has 0 spiro atoms. The molecule has 0 saturated heterocycles. The van der Waals surface area contributed by atoms with Gasteiger partial charge in [-0.05, 0) is 48.2 Å². The first-order valence-electron chi connectivity index (χ1n) is 7.56. The van der Waals surface area contributed by atoms with E-state index in [1.807, 2.05) is 12.3 Å². The van der Waals surface area contributed by atoms with Gasteiger partial charge >= 0.3 is 0 Å². The molecular formula is C19H15ClN2O2S. The van der Waals surface area contributed by atoms with Crippen molar-refractivity contribution in [2.75, 3.05) is 10.6 Å². The van der Waals surface area contributed by atoms with Gasteiger partial charge in [-0.2, -0.15) is 0 Å². The number of rotatable bonds is 4. The van der Waals surface area contributed by atoms with E-state index in [4.69, 9.17) is 11.6 Å². The number of halogens is 1. The first-order valence-corrected chi connectivity index (χ1v) is 8.82. The van der Waals surface area contributed by atoms with Crippen LogP contribution in [0.15, 0.2) is 60.0 Å². The highest BCUT2D eigenvalue weighted by Crippen LogP contribution is 2.25. The lowest BCUT2D eigenvalue weighted by Gasteiger charge is -2.13. The van der Waals surface area contributed by atoms with Crippen molar-refractivity contribution >= 4 is 46.1 Å². The van der Waals surface area contributed by atoms with Gasteiger partial charge in [0.15, 0.2) is 0 Å². The summed E-state index contributed by atoms with van der Waals surface area (Å²) in [6.45, 7) is 1.84. The van der Waals surface area contributed by atoms with E-state index in [-0.39, 0.29) is 11.8 Å². The van der Waals surface area contributed by atoms with Crippen LogP contribution in [0.25, 0.3) is 0 Å². The summed E-state index contributed by atoms with van der Waals surface area (Å²) in [5.74, 6) is -0.554. The fourth-order valence-corrected chi connectivity index (χ4v) is 3.11. The molecule has 0 aliphatic rings. The van der Waals surface area contributed by atoms with E-state index in [1.165, 1.54) is 11.3 Å². The molecule has 0 bridgehead atoms. The summed E-state index contributed by atoms with van der Waals surface area (Å²) in [6, 6.07) is 15.7. The molecule has 3 aromatic rings. The van der Waals surface area contributed by atoms with Crippen molar-refractivity contribution in [1.82, 2.24) is 0 Å². The van der Waals surface area contributed by atoms with Crippen LogP contribution in [0.1, 0.15) is 25.6 Å². The number of amides is 2. The molecule has 1 heterocycles. The molecule has 25 heavy (non-hydrogen) atoms. The van der Waals surface area contributed by atoms with Crippen LogP contribution in [0.2, 0.25) is 5.02 Å². The third kappa shape index (κ3) is 3.90. The van der Waals surface area contributed by atoms with Crippen molar-refractivity contribution in [1.29, 1.82) is 0 Å². The molecule has 0 unspecified atom stereocenters. The molecule has 0 aliphatic heterocycles. The van der Waals surface area contributed by atoms with Gasteiger partial charge in [0.2, 0.25) is 0 Å². The maximum Gasteiger partial charge on any atom is 0.265 e. The molecule has 126 valence electrons. The van der Waals surface area contributed by atoms with E-state index in [2.05, 4.69) is 10.6 Å². The zero-order chi connectivity index (χ0) is 17.8. The van der Waals surface area contributed by atoms with Gasteiger partial charge in [0, 0.05) is 10.7 Å². The zero-order valence-corrected chi connectivity index (χ0v) is 14.9. The van der Waals surface area contributed by atoms with Gasteiger partial charge in [-0.3, -0.25) is 9.59 Å². The number of carbonyl (C=O) groups excluding carboxylic acids is 2. The van der Waals surface area contributed by atoms with Crippen molar-refractivity contribution in [3.8, 4) is 0 Å². The Bertz CT molecular complexity index is 923. The number of hydrogen-bond acceptors (Lipinski definition) is 3. The van der Waals surface area contributed by atoms with Crippen LogP contribution in [0.5, 0.6) is 0 Å². The zero-order valence-electron chi connectivity index (χ0n) is 13.4. The SMILES string of the molecule is Cc1c(Cl)cccc1NC(=O)c1ccccc1NC(=O)c1cccs1. The molecule has 6 heteroatoms. The van der Waals surface area contributed by atoms with E-state index < -0.39 is 0 Å².